The van der Waals surface area contributed by atoms with E-state index in [0.29, 0.717) is 6.79 Å². The third kappa shape index (κ3) is 2.87. The number of hydrogen-bond donors (Lipinski definition) is 1. The van der Waals surface area contributed by atoms with Crippen LogP contribution in [0.5, 0.6) is 11.5 Å². The van der Waals surface area contributed by atoms with Gasteiger partial charge in [-0.25, -0.2) is 0 Å². The second kappa shape index (κ2) is 5.18. The van der Waals surface area contributed by atoms with Crippen molar-refractivity contribution >= 4 is 0 Å². The van der Waals surface area contributed by atoms with Crippen molar-refractivity contribution in [2.45, 2.75) is 43.6 Å². The van der Waals surface area contributed by atoms with Crippen LogP contribution in [0.3, 0.4) is 0 Å². The molecule has 0 spiro atoms. The lowest BCUT2D eigenvalue weighted by Crippen LogP contribution is -2.45. The summed E-state index contributed by atoms with van der Waals surface area (Å²) < 4.78 is 11.0. The maximum Gasteiger partial charge on any atom is 0.231 e. The molecule has 0 radical (unpaired) electrons. The third-order valence-corrected chi connectivity index (χ3v) is 4.89. The van der Waals surface area contributed by atoms with Crippen LogP contribution in [0, 0.1) is 0 Å². The maximum absolute atomic E-state index is 10.3. The molecule has 4 heteroatoms. The number of aliphatic hydroxyl groups is 1. The Morgan fingerprint density at radius 3 is 2.43 bits per heavy atom. The molecule has 1 heterocycles. The number of rotatable bonds is 3. The van der Waals surface area contributed by atoms with Crippen LogP contribution in [0.15, 0.2) is 18.2 Å². The standard InChI is InChI=1S/C17H25NO3/c1-16(19)6-8-17(9-7-16,11-18(2)3)13-4-5-14-15(10-13)21-12-20-14/h4-5,10,19H,6-9,11-12H2,1-3H3/t16-,17+. The third-order valence-electron chi connectivity index (χ3n) is 4.89. The lowest BCUT2D eigenvalue weighted by molar-refractivity contribution is -0.00438. The Kier molecular flexibility index (Phi) is 3.62. The Morgan fingerprint density at radius 2 is 1.76 bits per heavy atom. The molecule has 3 rings (SSSR count). The van der Waals surface area contributed by atoms with E-state index in [-0.39, 0.29) is 5.41 Å². The minimum atomic E-state index is -0.522. The molecule has 1 aliphatic heterocycles. The first kappa shape index (κ1) is 14.7. The molecule has 1 N–H and O–H groups in total. The van der Waals surface area contributed by atoms with E-state index in [1.54, 1.807) is 0 Å². The second-order valence-electron chi connectivity index (χ2n) is 7.08. The van der Waals surface area contributed by atoms with Crippen LogP contribution in [-0.2, 0) is 5.41 Å². The van der Waals surface area contributed by atoms with Crippen LogP contribution in [-0.4, -0.2) is 43.0 Å². The summed E-state index contributed by atoms with van der Waals surface area (Å²) in [5, 5.41) is 10.3. The minimum Gasteiger partial charge on any atom is -0.454 e. The molecule has 0 unspecified atom stereocenters. The number of benzene rings is 1. The van der Waals surface area contributed by atoms with E-state index < -0.39 is 5.60 Å². The molecule has 116 valence electrons. The quantitative estimate of drug-likeness (QED) is 0.929. The predicted molar refractivity (Wildman–Crippen MR) is 81.9 cm³/mol. The summed E-state index contributed by atoms with van der Waals surface area (Å²) in [5.41, 5.74) is 0.870. The van der Waals surface area contributed by atoms with Crippen molar-refractivity contribution in [3.05, 3.63) is 23.8 Å². The summed E-state index contributed by atoms with van der Waals surface area (Å²) in [6, 6.07) is 6.31. The first-order valence-electron chi connectivity index (χ1n) is 7.68. The van der Waals surface area contributed by atoms with Crippen LogP contribution >= 0.6 is 0 Å². The molecule has 4 nitrogen and oxygen atoms in total. The number of fused-ring (bicyclic) bond motifs is 1. The fourth-order valence-corrected chi connectivity index (χ4v) is 3.64. The van der Waals surface area contributed by atoms with Gasteiger partial charge in [0.25, 0.3) is 0 Å². The van der Waals surface area contributed by atoms with Gasteiger partial charge in [-0.1, -0.05) is 6.07 Å². The zero-order valence-corrected chi connectivity index (χ0v) is 13.2. The summed E-state index contributed by atoms with van der Waals surface area (Å²) in [7, 11) is 4.23. The summed E-state index contributed by atoms with van der Waals surface area (Å²) in [5.74, 6) is 1.68. The van der Waals surface area contributed by atoms with Crippen molar-refractivity contribution < 1.29 is 14.6 Å². The van der Waals surface area contributed by atoms with E-state index in [2.05, 4.69) is 31.1 Å². The summed E-state index contributed by atoms with van der Waals surface area (Å²) >= 11 is 0. The highest BCUT2D eigenvalue weighted by Crippen LogP contribution is 2.46. The summed E-state index contributed by atoms with van der Waals surface area (Å²) in [4.78, 5) is 2.24. The first-order chi connectivity index (χ1) is 9.90. The van der Waals surface area contributed by atoms with Crippen LogP contribution in [0.2, 0.25) is 0 Å². The van der Waals surface area contributed by atoms with E-state index >= 15 is 0 Å². The number of nitrogens with zero attached hydrogens (tertiary/aromatic N) is 1. The average Bonchev–Trinajstić information content (AvgIpc) is 2.88. The monoisotopic (exact) mass is 291 g/mol. The van der Waals surface area contributed by atoms with Gasteiger partial charge in [-0.2, -0.15) is 0 Å². The SMILES string of the molecule is CN(C)C[C@]1(c2ccc3c(c2)OCO3)CC[C@@](C)(O)CC1. The van der Waals surface area contributed by atoms with E-state index in [1.807, 2.05) is 13.0 Å². The molecule has 1 aromatic carbocycles. The van der Waals surface area contributed by atoms with E-state index in [4.69, 9.17) is 9.47 Å². The minimum absolute atomic E-state index is 0.0900. The van der Waals surface area contributed by atoms with Crippen molar-refractivity contribution in [3.8, 4) is 11.5 Å². The molecular formula is C17H25NO3. The van der Waals surface area contributed by atoms with Crippen LogP contribution in [0.25, 0.3) is 0 Å². The van der Waals surface area contributed by atoms with E-state index in [9.17, 15) is 5.11 Å². The van der Waals surface area contributed by atoms with Crippen molar-refractivity contribution in [3.63, 3.8) is 0 Å². The van der Waals surface area contributed by atoms with Gasteiger partial charge >= 0.3 is 0 Å². The van der Waals surface area contributed by atoms with Crippen LogP contribution < -0.4 is 9.47 Å². The van der Waals surface area contributed by atoms with Crippen molar-refractivity contribution in [1.82, 2.24) is 4.90 Å². The fourth-order valence-electron chi connectivity index (χ4n) is 3.64. The first-order valence-corrected chi connectivity index (χ1v) is 7.68. The van der Waals surface area contributed by atoms with Gasteiger partial charge in [-0.15, -0.1) is 0 Å². The largest absolute Gasteiger partial charge is 0.454 e. The van der Waals surface area contributed by atoms with E-state index in [0.717, 1.165) is 43.7 Å². The van der Waals surface area contributed by atoms with Crippen LogP contribution in [0.4, 0.5) is 0 Å². The predicted octanol–water partition coefficient (Wildman–Crippen LogP) is 2.54. The molecule has 1 saturated carbocycles. The van der Waals surface area contributed by atoms with E-state index in [1.165, 1.54) is 5.56 Å². The van der Waals surface area contributed by atoms with Gasteiger partial charge in [-0.3, -0.25) is 0 Å². The Hall–Kier alpha value is -1.26. The number of likely N-dealkylation sites (N-methyl/N-ethyl adjacent to an activating group) is 1. The molecule has 0 aromatic heterocycles. The second-order valence-corrected chi connectivity index (χ2v) is 7.08. The Balaban J connectivity index is 1.92. The van der Waals surface area contributed by atoms with Crippen molar-refractivity contribution in [2.24, 2.45) is 0 Å². The van der Waals surface area contributed by atoms with Gasteiger partial charge in [0.15, 0.2) is 11.5 Å². The molecule has 0 saturated heterocycles. The van der Waals surface area contributed by atoms with Crippen molar-refractivity contribution in [1.29, 1.82) is 0 Å². The van der Waals surface area contributed by atoms with Crippen LogP contribution in [0.1, 0.15) is 38.2 Å². The normalized spacial score (nSPS) is 31.7. The van der Waals surface area contributed by atoms with Gasteiger partial charge in [-0.05, 0) is 64.4 Å². The topological polar surface area (TPSA) is 41.9 Å². The summed E-state index contributed by atoms with van der Waals surface area (Å²) in [6.07, 6.45) is 3.68. The number of hydrogen-bond acceptors (Lipinski definition) is 4. The zero-order chi connectivity index (χ0) is 15.1. The Morgan fingerprint density at radius 1 is 1.10 bits per heavy atom. The highest BCUT2D eigenvalue weighted by Gasteiger charge is 2.41. The van der Waals surface area contributed by atoms with Gasteiger partial charge in [0.1, 0.15) is 0 Å². The molecule has 1 aromatic rings. The lowest BCUT2D eigenvalue weighted by Gasteiger charge is -2.44. The van der Waals surface area contributed by atoms with Gasteiger partial charge in [0, 0.05) is 12.0 Å². The smallest absolute Gasteiger partial charge is 0.231 e. The Labute approximate surface area is 126 Å². The average molecular weight is 291 g/mol. The maximum atomic E-state index is 10.3. The molecule has 0 bridgehead atoms. The fraction of sp³-hybridized carbons (Fsp3) is 0.647. The Bertz CT molecular complexity index is 515. The zero-order valence-electron chi connectivity index (χ0n) is 13.2. The molecule has 0 amide bonds. The summed E-state index contributed by atoms with van der Waals surface area (Å²) in [6.45, 7) is 3.25. The highest BCUT2D eigenvalue weighted by molar-refractivity contribution is 5.47. The molecule has 1 fully saturated rings. The number of ether oxygens (including phenoxy) is 2. The lowest BCUT2D eigenvalue weighted by atomic mass is 9.65. The molecule has 21 heavy (non-hydrogen) atoms. The molecule has 0 atom stereocenters. The molecular weight excluding hydrogens is 266 g/mol. The molecule has 1 aliphatic carbocycles. The van der Waals surface area contributed by atoms with Gasteiger partial charge in [0.05, 0.1) is 5.60 Å². The van der Waals surface area contributed by atoms with Gasteiger partial charge < -0.3 is 19.5 Å². The highest BCUT2D eigenvalue weighted by atomic mass is 16.7. The van der Waals surface area contributed by atoms with Crippen molar-refractivity contribution in [2.75, 3.05) is 27.4 Å². The van der Waals surface area contributed by atoms with Gasteiger partial charge in [0.2, 0.25) is 6.79 Å². The molecule has 2 aliphatic rings.